The second-order valence-corrected chi connectivity index (χ2v) is 11.5. The molecule has 2 N–H and O–H groups in total. The highest BCUT2D eigenvalue weighted by Gasteiger charge is 2.46. The molecule has 182 valence electrons. The predicted molar refractivity (Wildman–Crippen MR) is 127 cm³/mol. The average molecular weight is 449 g/mol. The molecule has 3 rings (SSSR count). The monoisotopic (exact) mass is 448 g/mol. The maximum atomic E-state index is 11.7. The van der Waals surface area contributed by atoms with Gasteiger partial charge in [-0.15, -0.1) is 0 Å². The lowest BCUT2D eigenvalue weighted by molar-refractivity contribution is -0.0298. The van der Waals surface area contributed by atoms with Crippen molar-refractivity contribution in [3.8, 4) is 0 Å². The Balaban J connectivity index is 1.38. The minimum absolute atomic E-state index is 0.119. The van der Waals surface area contributed by atoms with E-state index in [1.807, 2.05) is 27.0 Å². The van der Waals surface area contributed by atoms with Gasteiger partial charge in [0.25, 0.3) is 0 Å². The molecule has 1 saturated carbocycles. The smallest absolute Gasteiger partial charge is 0.407 e. The molecule has 0 aromatic carbocycles. The van der Waals surface area contributed by atoms with Gasteiger partial charge in [-0.3, -0.25) is 4.68 Å². The number of alkyl carbamates (subject to hydrolysis) is 1. The molecule has 1 aromatic heterocycles. The standard InChI is InChI=1S/C25H44N4O3/c1-23(2,3)32-22(30)27-14-7-13-26-15-10-20-16-28-29(6)21(20)19-8-11-25(12-9-19)17-24(4,5)18-31-25/h16,19,26H,7-15,17-18H2,1-6H3,(H,27,30). The van der Waals surface area contributed by atoms with Crippen LogP contribution >= 0.6 is 0 Å². The van der Waals surface area contributed by atoms with Crippen LogP contribution in [0.25, 0.3) is 0 Å². The van der Waals surface area contributed by atoms with Gasteiger partial charge in [-0.25, -0.2) is 4.79 Å². The molecule has 7 nitrogen and oxygen atoms in total. The highest BCUT2D eigenvalue weighted by molar-refractivity contribution is 5.67. The molecule has 0 radical (unpaired) electrons. The number of ether oxygens (including phenoxy) is 2. The quantitative estimate of drug-likeness (QED) is 0.580. The van der Waals surface area contributed by atoms with Crippen LogP contribution in [0.15, 0.2) is 6.20 Å². The summed E-state index contributed by atoms with van der Waals surface area (Å²) in [5.74, 6) is 0.577. The molecule has 1 aliphatic heterocycles. The summed E-state index contributed by atoms with van der Waals surface area (Å²) in [4.78, 5) is 11.7. The van der Waals surface area contributed by atoms with Gasteiger partial charge in [-0.05, 0) is 89.8 Å². The number of aryl methyl sites for hydroxylation is 1. The molecule has 7 heteroatoms. The second kappa shape index (κ2) is 10.1. The summed E-state index contributed by atoms with van der Waals surface area (Å²) in [6, 6.07) is 0. The third-order valence-corrected chi connectivity index (χ3v) is 6.69. The summed E-state index contributed by atoms with van der Waals surface area (Å²) in [5, 5.41) is 10.9. The predicted octanol–water partition coefficient (Wildman–Crippen LogP) is 4.31. The van der Waals surface area contributed by atoms with Gasteiger partial charge < -0.3 is 20.1 Å². The van der Waals surface area contributed by atoms with Crippen molar-refractivity contribution in [2.24, 2.45) is 12.5 Å². The van der Waals surface area contributed by atoms with Gasteiger partial charge in [0.2, 0.25) is 0 Å². The number of hydrogen-bond donors (Lipinski definition) is 2. The maximum absolute atomic E-state index is 11.7. The summed E-state index contributed by atoms with van der Waals surface area (Å²) in [6.07, 6.45) is 9.44. The van der Waals surface area contributed by atoms with Crippen molar-refractivity contribution in [3.05, 3.63) is 17.5 Å². The van der Waals surface area contributed by atoms with Gasteiger partial charge in [0.15, 0.2) is 0 Å². The van der Waals surface area contributed by atoms with E-state index in [4.69, 9.17) is 9.47 Å². The lowest BCUT2D eigenvalue weighted by Gasteiger charge is -2.37. The lowest BCUT2D eigenvalue weighted by Crippen LogP contribution is -2.34. The van der Waals surface area contributed by atoms with Crippen molar-refractivity contribution in [3.63, 3.8) is 0 Å². The van der Waals surface area contributed by atoms with Gasteiger partial charge in [-0.2, -0.15) is 5.10 Å². The van der Waals surface area contributed by atoms with E-state index in [2.05, 4.69) is 41.3 Å². The van der Waals surface area contributed by atoms with E-state index in [1.54, 1.807) is 0 Å². The average Bonchev–Trinajstić information content (AvgIpc) is 3.19. The summed E-state index contributed by atoms with van der Waals surface area (Å²) in [7, 11) is 2.08. The molecule has 2 heterocycles. The van der Waals surface area contributed by atoms with Gasteiger partial charge in [-0.1, -0.05) is 13.8 Å². The van der Waals surface area contributed by atoms with Crippen molar-refractivity contribution in [2.75, 3.05) is 26.2 Å². The van der Waals surface area contributed by atoms with Gasteiger partial charge >= 0.3 is 6.09 Å². The Morgan fingerprint density at radius 2 is 1.97 bits per heavy atom. The Bertz CT molecular complexity index is 758. The third kappa shape index (κ3) is 6.95. The first kappa shape index (κ1) is 25.0. The Kier molecular flexibility index (Phi) is 7.92. The number of carbonyl (C=O) groups is 1. The zero-order valence-electron chi connectivity index (χ0n) is 21.1. The maximum Gasteiger partial charge on any atom is 0.407 e. The molecule has 0 atom stereocenters. The van der Waals surface area contributed by atoms with Crippen LogP contribution in [0.1, 0.15) is 90.3 Å². The van der Waals surface area contributed by atoms with E-state index in [0.717, 1.165) is 45.4 Å². The normalized spacial score (nSPS) is 25.2. The fraction of sp³-hybridized carbons (Fsp3) is 0.840. The van der Waals surface area contributed by atoms with Crippen LogP contribution in [0.2, 0.25) is 0 Å². The number of rotatable bonds is 8. The molecular formula is C25H44N4O3. The van der Waals surface area contributed by atoms with Crippen LogP contribution in [-0.2, 0) is 22.9 Å². The fourth-order valence-corrected chi connectivity index (χ4v) is 5.34. The first-order valence-electron chi connectivity index (χ1n) is 12.3. The van der Waals surface area contributed by atoms with Crippen LogP contribution in [0.4, 0.5) is 4.79 Å². The van der Waals surface area contributed by atoms with E-state index >= 15 is 0 Å². The molecular weight excluding hydrogens is 404 g/mol. The number of nitrogens with zero attached hydrogens (tertiary/aromatic N) is 2. The fourth-order valence-electron chi connectivity index (χ4n) is 5.34. The van der Waals surface area contributed by atoms with Gasteiger partial charge in [0.05, 0.1) is 18.4 Å². The lowest BCUT2D eigenvalue weighted by atomic mass is 9.72. The summed E-state index contributed by atoms with van der Waals surface area (Å²) >= 11 is 0. The molecule has 0 bridgehead atoms. The SMILES string of the molecule is Cn1ncc(CCNCCCNC(=O)OC(C)(C)C)c1C1CCC2(CC1)CC(C)(C)CO2. The summed E-state index contributed by atoms with van der Waals surface area (Å²) < 4.78 is 13.6. The van der Waals surface area contributed by atoms with Crippen LogP contribution in [0.3, 0.4) is 0 Å². The summed E-state index contributed by atoms with van der Waals surface area (Å²) in [6.45, 7) is 13.6. The van der Waals surface area contributed by atoms with Crippen molar-refractivity contribution < 1.29 is 14.3 Å². The Labute approximate surface area is 194 Å². The summed E-state index contributed by atoms with van der Waals surface area (Å²) in [5.41, 5.74) is 2.75. The van der Waals surface area contributed by atoms with E-state index in [-0.39, 0.29) is 11.7 Å². The Morgan fingerprint density at radius 3 is 2.59 bits per heavy atom. The molecule has 1 aliphatic carbocycles. The number of hydrogen-bond acceptors (Lipinski definition) is 5. The van der Waals surface area contributed by atoms with Crippen LogP contribution in [0, 0.1) is 5.41 Å². The topological polar surface area (TPSA) is 77.4 Å². The van der Waals surface area contributed by atoms with E-state index in [0.29, 0.717) is 17.9 Å². The molecule has 1 aromatic rings. The van der Waals surface area contributed by atoms with Crippen LogP contribution in [0.5, 0.6) is 0 Å². The van der Waals surface area contributed by atoms with Crippen molar-refractivity contribution in [1.82, 2.24) is 20.4 Å². The highest BCUT2D eigenvalue weighted by Crippen LogP contribution is 2.50. The number of aromatic nitrogens is 2. The van der Waals surface area contributed by atoms with Crippen LogP contribution < -0.4 is 10.6 Å². The molecule has 32 heavy (non-hydrogen) atoms. The molecule has 0 unspecified atom stereocenters. The Hall–Kier alpha value is -1.60. The second-order valence-electron chi connectivity index (χ2n) is 11.5. The molecule has 1 saturated heterocycles. The largest absolute Gasteiger partial charge is 0.444 e. The number of carbonyl (C=O) groups excluding carboxylic acids is 1. The molecule has 2 fully saturated rings. The molecule has 1 spiro atoms. The van der Waals surface area contributed by atoms with E-state index in [9.17, 15) is 4.79 Å². The number of nitrogens with one attached hydrogen (secondary N) is 2. The number of amides is 1. The van der Waals surface area contributed by atoms with Gasteiger partial charge in [0.1, 0.15) is 5.60 Å². The third-order valence-electron chi connectivity index (χ3n) is 6.69. The molecule has 2 aliphatic rings. The highest BCUT2D eigenvalue weighted by atomic mass is 16.6. The zero-order chi connectivity index (χ0) is 23.4. The van der Waals surface area contributed by atoms with Crippen molar-refractivity contribution in [1.29, 1.82) is 0 Å². The first-order chi connectivity index (χ1) is 15.0. The minimum atomic E-state index is -0.455. The minimum Gasteiger partial charge on any atom is -0.444 e. The van der Waals surface area contributed by atoms with Crippen molar-refractivity contribution in [2.45, 2.75) is 96.7 Å². The first-order valence-corrected chi connectivity index (χ1v) is 12.3. The molecule has 1 amide bonds. The van der Waals surface area contributed by atoms with Gasteiger partial charge in [0, 0.05) is 25.2 Å². The van der Waals surface area contributed by atoms with Crippen LogP contribution in [-0.4, -0.2) is 53.3 Å². The van der Waals surface area contributed by atoms with Crippen molar-refractivity contribution >= 4 is 6.09 Å². The van der Waals surface area contributed by atoms with E-state index < -0.39 is 5.60 Å². The van der Waals surface area contributed by atoms with E-state index in [1.165, 1.54) is 30.5 Å². The zero-order valence-corrected chi connectivity index (χ0v) is 21.1. The Morgan fingerprint density at radius 1 is 1.25 bits per heavy atom.